The van der Waals surface area contributed by atoms with Crippen LogP contribution >= 0.6 is 0 Å². The van der Waals surface area contributed by atoms with E-state index in [-0.39, 0.29) is 5.91 Å². The van der Waals surface area contributed by atoms with Gasteiger partial charge in [-0.25, -0.2) is 0 Å². The fraction of sp³-hybridized carbons (Fsp3) is 0.208. The number of benzene rings is 3. The summed E-state index contributed by atoms with van der Waals surface area (Å²) in [6, 6.07) is 25.0. The zero-order chi connectivity index (χ0) is 19.8. The van der Waals surface area contributed by atoms with Crippen molar-refractivity contribution in [2.75, 3.05) is 18.5 Å². The third-order valence-electron chi connectivity index (χ3n) is 4.35. The number of ether oxygens (including phenoxy) is 2. The van der Waals surface area contributed by atoms with Crippen LogP contribution in [0.15, 0.2) is 78.9 Å². The molecule has 0 atom stereocenters. The van der Waals surface area contributed by atoms with Gasteiger partial charge in [0.1, 0.15) is 11.5 Å². The summed E-state index contributed by atoms with van der Waals surface area (Å²) in [7, 11) is 0. The highest BCUT2D eigenvalue weighted by Gasteiger charge is 2.23. The lowest BCUT2D eigenvalue weighted by atomic mass is 9.90. The molecule has 0 unspecified atom stereocenters. The van der Waals surface area contributed by atoms with Crippen LogP contribution in [0.5, 0.6) is 11.5 Å². The van der Waals surface area contributed by atoms with Crippen molar-refractivity contribution in [2.24, 2.45) is 0 Å². The first-order valence-electron chi connectivity index (χ1n) is 9.53. The van der Waals surface area contributed by atoms with Gasteiger partial charge in [-0.05, 0) is 37.1 Å². The van der Waals surface area contributed by atoms with Gasteiger partial charge in [0.25, 0.3) is 0 Å². The fourth-order valence-corrected chi connectivity index (χ4v) is 3.14. The van der Waals surface area contributed by atoms with Gasteiger partial charge in [0.15, 0.2) is 0 Å². The molecular formula is C24H25NO3. The zero-order valence-corrected chi connectivity index (χ0v) is 16.2. The van der Waals surface area contributed by atoms with Gasteiger partial charge >= 0.3 is 0 Å². The number of hydrogen-bond acceptors (Lipinski definition) is 3. The average Bonchev–Trinajstić information content (AvgIpc) is 2.72. The van der Waals surface area contributed by atoms with Crippen molar-refractivity contribution in [1.29, 1.82) is 0 Å². The van der Waals surface area contributed by atoms with Gasteiger partial charge in [-0.3, -0.25) is 4.79 Å². The van der Waals surface area contributed by atoms with Crippen molar-refractivity contribution < 1.29 is 14.3 Å². The molecule has 3 aromatic rings. The van der Waals surface area contributed by atoms with Gasteiger partial charge in [0.05, 0.1) is 24.8 Å². The maximum Gasteiger partial charge on any atom is 0.236 e. The molecule has 1 amide bonds. The first-order chi connectivity index (χ1) is 13.7. The summed E-state index contributed by atoms with van der Waals surface area (Å²) in [5, 5.41) is 3.05. The molecule has 0 heterocycles. The minimum atomic E-state index is -0.423. The number of nitrogens with one attached hydrogen (secondary N) is 1. The Labute approximate surface area is 166 Å². The predicted octanol–water partition coefficient (Wildman–Crippen LogP) is 5.25. The topological polar surface area (TPSA) is 47.6 Å². The van der Waals surface area contributed by atoms with Gasteiger partial charge in [-0.15, -0.1) is 0 Å². The van der Waals surface area contributed by atoms with E-state index >= 15 is 0 Å². The van der Waals surface area contributed by atoms with Crippen LogP contribution in [-0.4, -0.2) is 19.1 Å². The van der Waals surface area contributed by atoms with Crippen LogP contribution in [0.4, 0.5) is 5.69 Å². The lowest BCUT2D eigenvalue weighted by Crippen LogP contribution is -2.22. The molecule has 0 spiro atoms. The van der Waals surface area contributed by atoms with Crippen LogP contribution in [0.25, 0.3) is 0 Å². The molecule has 4 heteroatoms. The van der Waals surface area contributed by atoms with Crippen LogP contribution in [0.3, 0.4) is 0 Å². The van der Waals surface area contributed by atoms with E-state index < -0.39 is 5.92 Å². The second-order valence-corrected chi connectivity index (χ2v) is 6.27. The van der Waals surface area contributed by atoms with Crippen LogP contribution in [-0.2, 0) is 4.79 Å². The summed E-state index contributed by atoms with van der Waals surface area (Å²) in [5.74, 6) is 0.774. The van der Waals surface area contributed by atoms with Crippen molar-refractivity contribution >= 4 is 11.6 Å². The van der Waals surface area contributed by atoms with E-state index in [1.165, 1.54) is 0 Å². The molecule has 144 valence electrons. The Balaban J connectivity index is 1.95. The Morgan fingerprint density at radius 3 is 1.93 bits per heavy atom. The van der Waals surface area contributed by atoms with Crippen molar-refractivity contribution in [3.63, 3.8) is 0 Å². The molecule has 28 heavy (non-hydrogen) atoms. The van der Waals surface area contributed by atoms with Crippen molar-refractivity contribution in [2.45, 2.75) is 19.8 Å². The second-order valence-electron chi connectivity index (χ2n) is 6.27. The van der Waals surface area contributed by atoms with E-state index in [9.17, 15) is 4.79 Å². The Hall–Kier alpha value is -3.27. The number of anilines is 1. The summed E-state index contributed by atoms with van der Waals surface area (Å²) < 4.78 is 11.3. The Kier molecular flexibility index (Phi) is 6.68. The molecule has 0 aliphatic rings. The largest absolute Gasteiger partial charge is 0.494 e. The third-order valence-corrected chi connectivity index (χ3v) is 4.35. The average molecular weight is 375 g/mol. The maximum atomic E-state index is 13.3. The quantitative estimate of drug-likeness (QED) is 0.585. The van der Waals surface area contributed by atoms with Crippen molar-refractivity contribution in [1.82, 2.24) is 0 Å². The summed E-state index contributed by atoms with van der Waals surface area (Å²) in [5.41, 5.74) is 2.48. The van der Waals surface area contributed by atoms with Gasteiger partial charge in [-0.2, -0.15) is 0 Å². The normalized spacial score (nSPS) is 10.5. The van der Waals surface area contributed by atoms with Crippen LogP contribution in [0.1, 0.15) is 30.9 Å². The molecule has 0 saturated heterocycles. The number of carbonyl (C=O) groups is 1. The summed E-state index contributed by atoms with van der Waals surface area (Å²) >= 11 is 0. The van der Waals surface area contributed by atoms with Gasteiger partial charge < -0.3 is 14.8 Å². The van der Waals surface area contributed by atoms with Gasteiger partial charge in [-0.1, -0.05) is 60.7 Å². The number of rotatable bonds is 8. The van der Waals surface area contributed by atoms with E-state index in [0.717, 1.165) is 11.1 Å². The van der Waals surface area contributed by atoms with E-state index in [1.807, 2.05) is 86.6 Å². The molecular weight excluding hydrogens is 350 g/mol. The Morgan fingerprint density at radius 1 is 0.821 bits per heavy atom. The molecule has 0 aliphatic carbocycles. The molecule has 3 aromatic carbocycles. The van der Waals surface area contributed by atoms with Crippen molar-refractivity contribution in [3.05, 3.63) is 90.0 Å². The smallest absolute Gasteiger partial charge is 0.236 e. The zero-order valence-electron chi connectivity index (χ0n) is 16.2. The van der Waals surface area contributed by atoms with E-state index in [0.29, 0.717) is 30.4 Å². The molecule has 0 aromatic heterocycles. The SMILES string of the molecule is CCOc1ccc(OCC)c(NC(=O)C(c2ccccc2)c2ccccc2)c1. The monoisotopic (exact) mass is 375 g/mol. The standard InChI is InChI=1S/C24H25NO3/c1-3-27-20-15-16-22(28-4-2)21(17-20)25-24(26)23(18-11-7-5-8-12-18)19-13-9-6-10-14-19/h5-17,23H,3-4H2,1-2H3,(H,25,26). The van der Waals surface area contributed by atoms with Crippen LogP contribution in [0, 0.1) is 0 Å². The Bertz CT molecular complexity index is 855. The Morgan fingerprint density at radius 2 is 1.39 bits per heavy atom. The van der Waals surface area contributed by atoms with Gasteiger partial charge in [0, 0.05) is 6.07 Å². The van der Waals surface area contributed by atoms with Crippen molar-refractivity contribution in [3.8, 4) is 11.5 Å². The number of carbonyl (C=O) groups excluding carboxylic acids is 1. The number of hydrogen-bond donors (Lipinski definition) is 1. The fourth-order valence-electron chi connectivity index (χ4n) is 3.14. The second kappa shape index (κ2) is 9.60. The maximum absolute atomic E-state index is 13.3. The summed E-state index contributed by atoms with van der Waals surface area (Å²) in [6.45, 7) is 4.91. The first kappa shape index (κ1) is 19.5. The lowest BCUT2D eigenvalue weighted by molar-refractivity contribution is -0.116. The highest BCUT2D eigenvalue weighted by molar-refractivity contribution is 5.99. The third kappa shape index (κ3) is 4.71. The minimum Gasteiger partial charge on any atom is -0.494 e. The van der Waals surface area contributed by atoms with E-state index in [2.05, 4.69) is 5.32 Å². The highest BCUT2D eigenvalue weighted by atomic mass is 16.5. The molecule has 4 nitrogen and oxygen atoms in total. The van der Waals surface area contributed by atoms with Gasteiger partial charge in [0.2, 0.25) is 5.91 Å². The van der Waals surface area contributed by atoms with E-state index in [4.69, 9.17) is 9.47 Å². The van der Waals surface area contributed by atoms with E-state index in [1.54, 1.807) is 6.07 Å². The molecule has 0 fully saturated rings. The molecule has 0 bridgehead atoms. The van der Waals surface area contributed by atoms with Crippen LogP contribution < -0.4 is 14.8 Å². The molecule has 3 rings (SSSR count). The molecule has 0 aliphatic heterocycles. The number of amides is 1. The predicted molar refractivity (Wildman–Crippen MR) is 112 cm³/mol. The lowest BCUT2D eigenvalue weighted by Gasteiger charge is -2.19. The molecule has 1 N–H and O–H groups in total. The molecule has 0 saturated carbocycles. The minimum absolute atomic E-state index is 0.119. The first-order valence-corrected chi connectivity index (χ1v) is 9.53. The highest BCUT2D eigenvalue weighted by Crippen LogP contribution is 2.32. The summed E-state index contributed by atoms with van der Waals surface area (Å²) in [6.07, 6.45) is 0. The summed E-state index contributed by atoms with van der Waals surface area (Å²) in [4.78, 5) is 13.3. The van der Waals surface area contributed by atoms with Crippen LogP contribution in [0.2, 0.25) is 0 Å². The molecule has 0 radical (unpaired) electrons.